The second kappa shape index (κ2) is 19.2. The lowest BCUT2D eigenvalue weighted by atomic mass is 9.94. The van der Waals surface area contributed by atoms with Gasteiger partial charge >= 0.3 is 0 Å². The average molecular weight is 1100 g/mol. The van der Waals surface area contributed by atoms with Gasteiger partial charge in [-0.2, -0.15) is 10.5 Å². The van der Waals surface area contributed by atoms with Crippen molar-refractivity contribution in [3.8, 4) is 80.2 Å². The molecule has 0 saturated heterocycles. The second-order valence-corrected chi connectivity index (χ2v) is 21.7. The summed E-state index contributed by atoms with van der Waals surface area (Å²) in [6, 6.07) is 99.4. The van der Waals surface area contributed by atoms with Gasteiger partial charge in [-0.15, -0.1) is 0 Å². The molecule has 0 aliphatic heterocycles. The van der Waals surface area contributed by atoms with E-state index >= 15 is 0 Å². The number of hydrogen-bond donors (Lipinski definition) is 0. The molecule has 0 N–H and O–H groups in total. The first-order valence-corrected chi connectivity index (χ1v) is 28.6. The maximum atomic E-state index is 11.3. The van der Waals surface area contributed by atoms with Gasteiger partial charge in [0.05, 0.1) is 67.4 Å². The smallest absolute Gasteiger partial charge is 0.165 e. The number of fused-ring (bicyclic) bond motifs is 14. The SMILES string of the molecule is N#Cc1cc(-n2c3ccccc3c3c2ccc2c4ccccc4n(-c4ccccc4)c23)ccc1-c1nc(-c2ccccc2)nc(-c2ccc(-n3c4ccccc4c4c3ccc3c5ccccc5n(-c5ccccc5)c34)cc2-c2ccccc2C#N)n1. The summed E-state index contributed by atoms with van der Waals surface area (Å²) in [5.41, 5.74) is 17.0. The van der Waals surface area contributed by atoms with Crippen molar-refractivity contribution in [3.05, 3.63) is 284 Å². The number of aromatic nitrogens is 7. The summed E-state index contributed by atoms with van der Waals surface area (Å²) in [6.07, 6.45) is 0. The normalized spacial score (nSPS) is 11.7. The molecule has 9 nitrogen and oxygen atoms in total. The lowest BCUT2D eigenvalue weighted by Gasteiger charge is -2.16. The molecule has 0 aliphatic rings. The van der Waals surface area contributed by atoms with Gasteiger partial charge in [0.2, 0.25) is 0 Å². The van der Waals surface area contributed by atoms with Gasteiger partial charge in [0.15, 0.2) is 17.5 Å². The van der Waals surface area contributed by atoms with Gasteiger partial charge in [0.1, 0.15) is 0 Å². The molecule has 0 fully saturated rings. The summed E-state index contributed by atoms with van der Waals surface area (Å²) in [6.45, 7) is 0. The summed E-state index contributed by atoms with van der Waals surface area (Å²) in [5, 5.41) is 31.3. The van der Waals surface area contributed by atoms with E-state index in [2.05, 4.69) is 237 Å². The first-order chi connectivity index (χ1) is 42.6. The first kappa shape index (κ1) is 48.5. The first-order valence-electron chi connectivity index (χ1n) is 28.6. The highest BCUT2D eigenvalue weighted by molar-refractivity contribution is 6.27. The quantitative estimate of drug-likeness (QED) is 0.151. The number of para-hydroxylation sites is 6. The molecule has 0 bridgehead atoms. The van der Waals surface area contributed by atoms with Crippen LogP contribution in [0.5, 0.6) is 0 Å². The molecule has 5 aromatic heterocycles. The molecule has 398 valence electrons. The van der Waals surface area contributed by atoms with Crippen LogP contribution in [0.3, 0.4) is 0 Å². The van der Waals surface area contributed by atoms with Gasteiger partial charge in [0.25, 0.3) is 0 Å². The molecule has 0 spiro atoms. The number of benzene rings is 12. The molecular formula is C77H45N9. The maximum absolute atomic E-state index is 11.3. The highest BCUT2D eigenvalue weighted by atomic mass is 15.1. The molecule has 0 amide bonds. The molecule has 17 rings (SSSR count). The average Bonchev–Trinajstić information content (AvgIpc) is 1.81. The standard InChI is InChI=1S/C77H45N9/c78-46-49-22-10-11-27-55(49)64-45-54(84-68-35-19-15-31-63(68)72-70(84)43-41-60-58-29-13-17-33-66(58)86(74(60)72)52-25-8-3-9-26-52)37-39-61(64)77-81-75(48-20-4-1-5-21-48)80-76(82-77)56-38-36-53(44-50(56)47-79)83-67-34-18-14-30-62(67)71-69(83)42-40-59-57-28-12-16-32-65(57)85(73(59)71)51-23-6-2-7-24-51/h1-45H. The van der Waals surface area contributed by atoms with Gasteiger partial charge in [-0.25, -0.2) is 15.0 Å². The summed E-state index contributed by atoms with van der Waals surface area (Å²) >= 11 is 0. The van der Waals surface area contributed by atoms with Crippen LogP contribution < -0.4 is 0 Å². The van der Waals surface area contributed by atoms with Gasteiger partial charge in [-0.3, -0.25) is 0 Å². The van der Waals surface area contributed by atoms with Crippen LogP contribution in [0.15, 0.2) is 273 Å². The monoisotopic (exact) mass is 1100 g/mol. The second-order valence-electron chi connectivity index (χ2n) is 21.7. The van der Waals surface area contributed by atoms with Crippen LogP contribution in [0.25, 0.3) is 155 Å². The molecule has 0 saturated carbocycles. The zero-order chi connectivity index (χ0) is 57.0. The molecule has 12 aromatic carbocycles. The number of nitriles is 2. The van der Waals surface area contributed by atoms with Crippen molar-refractivity contribution in [2.45, 2.75) is 0 Å². The van der Waals surface area contributed by atoms with Crippen LogP contribution in [0.2, 0.25) is 0 Å². The third kappa shape index (κ3) is 7.26. The van der Waals surface area contributed by atoms with Crippen LogP contribution >= 0.6 is 0 Å². The fraction of sp³-hybridized carbons (Fsp3) is 0. The van der Waals surface area contributed by atoms with Crippen LogP contribution in [0.4, 0.5) is 0 Å². The topological polar surface area (TPSA) is 106 Å². The van der Waals surface area contributed by atoms with Crippen molar-refractivity contribution in [2.24, 2.45) is 0 Å². The van der Waals surface area contributed by atoms with E-state index in [0.717, 1.165) is 105 Å². The van der Waals surface area contributed by atoms with Crippen molar-refractivity contribution in [1.29, 1.82) is 10.5 Å². The van der Waals surface area contributed by atoms with E-state index in [1.807, 2.05) is 66.7 Å². The summed E-state index contributed by atoms with van der Waals surface area (Å²) in [4.78, 5) is 15.8. The van der Waals surface area contributed by atoms with E-state index in [1.54, 1.807) is 0 Å². The largest absolute Gasteiger partial charge is 0.309 e. The van der Waals surface area contributed by atoms with Crippen LogP contribution in [-0.2, 0) is 0 Å². The molecule has 0 atom stereocenters. The van der Waals surface area contributed by atoms with Gasteiger partial charge in [0, 0.05) is 88.1 Å². The molecule has 0 unspecified atom stereocenters. The molecular weight excluding hydrogens is 1050 g/mol. The number of hydrogen-bond acceptors (Lipinski definition) is 5. The maximum Gasteiger partial charge on any atom is 0.165 e. The minimum atomic E-state index is 0.345. The minimum absolute atomic E-state index is 0.345. The number of nitrogens with zero attached hydrogens (tertiary/aromatic N) is 9. The van der Waals surface area contributed by atoms with E-state index in [-0.39, 0.29) is 0 Å². The lowest BCUT2D eigenvalue weighted by Crippen LogP contribution is -2.04. The van der Waals surface area contributed by atoms with Crippen LogP contribution in [-0.4, -0.2) is 33.2 Å². The van der Waals surface area contributed by atoms with E-state index in [1.165, 1.54) is 21.5 Å². The van der Waals surface area contributed by atoms with E-state index in [4.69, 9.17) is 15.0 Å². The Morgan fingerprint density at radius 2 is 0.674 bits per heavy atom. The fourth-order valence-electron chi connectivity index (χ4n) is 13.5. The Morgan fingerprint density at radius 3 is 1.21 bits per heavy atom. The highest BCUT2D eigenvalue weighted by Crippen LogP contribution is 2.46. The van der Waals surface area contributed by atoms with Gasteiger partial charge in [-0.05, 0) is 109 Å². The molecule has 0 radical (unpaired) electrons. The fourth-order valence-corrected chi connectivity index (χ4v) is 13.5. The van der Waals surface area contributed by atoms with Crippen molar-refractivity contribution < 1.29 is 0 Å². The Balaban J connectivity index is 0.870. The van der Waals surface area contributed by atoms with E-state index < -0.39 is 0 Å². The minimum Gasteiger partial charge on any atom is -0.309 e. The summed E-state index contributed by atoms with van der Waals surface area (Å²) in [5.74, 6) is 1.19. The molecule has 5 heterocycles. The third-order valence-electron chi connectivity index (χ3n) is 17.1. The van der Waals surface area contributed by atoms with Gasteiger partial charge in [-0.1, -0.05) is 170 Å². The zero-order valence-corrected chi connectivity index (χ0v) is 46.0. The molecule has 9 heteroatoms. The number of rotatable bonds is 8. The van der Waals surface area contributed by atoms with E-state index in [0.29, 0.717) is 39.7 Å². The van der Waals surface area contributed by atoms with Crippen LogP contribution in [0.1, 0.15) is 11.1 Å². The van der Waals surface area contributed by atoms with Gasteiger partial charge < -0.3 is 18.3 Å². The van der Waals surface area contributed by atoms with Crippen molar-refractivity contribution in [2.75, 3.05) is 0 Å². The van der Waals surface area contributed by atoms with Crippen molar-refractivity contribution in [3.63, 3.8) is 0 Å². The molecule has 17 aromatic rings. The summed E-state index contributed by atoms with van der Waals surface area (Å²) < 4.78 is 9.36. The highest BCUT2D eigenvalue weighted by Gasteiger charge is 2.26. The summed E-state index contributed by atoms with van der Waals surface area (Å²) in [7, 11) is 0. The predicted octanol–water partition coefficient (Wildman–Crippen LogP) is 18.7. The molecule has 0 aliphatic carbocycles. The van der Waals surface area contributed by atoms with Crippen molar-refractivity contribution >= 4 is 87.2 Å². The van der Waals surface area contributed by atoms with Crippen LogP contribution in [0, 0.1) is 22.7 Å². The Labute approximate surface area is 492 Å². The third-order valence-corrected chi connectivity index (χ3v) is 17.1. The van der Waals surface area contributed by atoms with E-state index in [9.17, 15) is 10.5 Å². The lowest BCUT2D eigenvalue weighted by molar-refractivity contribution is 1.07. The zero-order valence-electron chi connectivity index (χ0n) is 46.0. The Kier molecular flexibility index (Phi) is 10.8. The Morgan fingerprint density at radius 1 is 0.256 bits per heavy atom. The predicted molar refractivity (Wildman–Crippen MR) is 348 cm³/mol. The Bertz CT molecular complexity index is 5740. The molecule has 86 heavy (non-hydrogen) atoms. The Hall–Kier alpha value is -12.2. The van der Waals surface area contributed by atoms with Crippen molar-refractivity contribution in [1.82, 2.24) is 33.2 Å².